The number of hydrogen-bond donors (Lipinski definition) is 0. The summed E-state index contributed by atoms with van der Waals surface area (Å²) in [5.41, 5.74) is -0.243. The Bertz CT molecular complexity index is 579. The average Bonchev–Trinajstić information content (AvgIpc) is 3.21. The molecule has 112 valence electrons. The van der Waals surface area contributed by atoms with Gasteiger partial charge in [-0.15, -0.1) is 0 Å². The molecule has 4 nitrogen and oxygen atoms in total. The number of halogens is 3. The van der Waals surface area contributed by atoms with Gasteiger partial charge in [0, 0.05) is 6.04 Å². The van der Waals surface area contributed by atoms with E-state index >= 15 is 0 Å². The molecular formula is C14H13F3N2O2. The lowest BCUT2D eigenvalue weighted by atomic mass is 10.1. The molecule has 1 saturated heterocycles. The molecule has 1 saturated carbocycles. The van der Waals surface area contributed by atoms with E-state index in [0.29, 0.717) is 5.56 Å². The molecular weight excluding hydrogens is 285 g/mol. The summed E-state index contributed by atoms with van der Waals surface area (Å²) in [5, 5.41) is 0. The summed E-state index contributed by atoms with van der Waals surface area (Å²) in [5.74, 6) is -0.299. The molecule has 21 heavy (non-hydrogen) atoms. The van der Waals surface area contributed by atoms with Crippen LogP contribution in [0.1, 0.15) is 24.0 Å². The van der Waals surface area contributed by atoms with Crippen molar-refractivity contribution in [2.24, 2.45) is 0 Å². The zero-order valence-corrected chi connectivity index (χ0v) is 11.1. The second-order valence-electron chi connectivity index (χ2n) is 5.32. The number of benzene rings is 1. The fourth-order valence-corrected chi connectivity index (χ4v) is 2.37. The van der Waals surface area contributed by atoms with Crippen LogP contribution in [0.3, 0.4) is 0 Å². The van der Waals surface area contributed by atoms with Gasteiger partial charge >= 0.3 is 12.2 Å². The molecule has 0 bridgehead atoms. The second kappa shape index (κ2) is 4.75. The van der Waals surface area contributed by atoms with Crippen LogP contribution in [0.15, 0.2) is 24.3 Å². The smallest absolute Gasteiger partial charge is 0.312 e. The summed E-state index contributed by atoms with van der Waals surface area (Å²) < 4.78 is 37.4. The van der Waals surface area contributed by atoms with Crippen LogP contribution in [0.25, 0.3) is 0 Å². The zero-order valence-electron chi connectivity index (χ0n) is 11.1. The molecule has 1 aromatic rings. The van der Waals surface area contributed by atoms with Crippen LogP contribution < -0.4 is 0 Å². The van der Waals surface area contributed by atoms with Crippen molar-refractivity contribution in [1.82, 2.24) is 9.80 Å². The molecule has 1 heterocycles. The highest BCUT2D eigenvalue weighted by Gasteiger charge is 2.43. The van der Waals surface area contributed by atoms with Crippen molar-refractivity contribution in [1.29, 1.82) is 0 Å². The summed E-state index contributed by atoms with van der Waals surface area (Å²) in [6.07, 6.45) is -2.57. The molecule has 1 aliphatic heterocycles. The van der Waals surface area contributed by atoms with E-state index in [-0.39, 0.29) is 31.1 Å². The molecule has 0 N–H and O–H groups in total. The van der Waals surface area contributed by atoms with E-state index < -0.39 is 11.7 Å². The first-order valence-electron chi connectivity index (χ1n) is 6.63. The summed E-state index contributed by atoms with van der Waals surface area (Å²) >= 11 is 0. The third-order valence-electron chi connectivity index (χ3n) is 3.69. The number of nitrogens with zero attached hydrogens (tertiary/aromatic N) is 2. The highest BCUT2D eigenvalue weighted by atomic mass is 19.4. The largest absolute Gasteiger partial charge is 0.416 e. The van der Waals surface area contributed by atoms with Crippen molar-refractivity contribution in [3.8, 4) is 0 Å². The highest BCUT2D eigenvalue weighted by Crippen LogP contribution is 2.32. The Kier molecular flexibility index (Phi) is 3.15. The number of hydrogen-bond acceptors (Lipinski definition) is 2. The van der Waals surface area contributed by atoms with E-state index in [0.717, 1.165) is 29.9 Å². The Hall–Kier alpha value is -2.05. The fourth-order valence-electron chi connectivity index (χ4n) is 2.37. The number of alkyl halides is 3. The summed E-state index contributed by atoms with van der Waals surface area (Å²) in [6.45, 7) is 0.0865. The monoisotopic (exact) mass is 298 g/mol. The van der Waals surface area contributed by atoms with Gasteiger partial charge in [0.15, 0.2) is 0 Å². The van der Waals surface area contributed by atoms with Gasteiger partial charge in [0.25, 0.3) is 5.91 Å². The molecule has 0 radical (unpaired) electrons. The van der Waals surface area contributed by atoms with Gasteiger partial charge in [-0.05, 0) is 30.5 Å². The lowest BCUT2D eigenvalue weighted by Gasteiger charge is -2.16. The van der Waals surface area contributed by atoms with E-state index in [1.807, 2.05) is 0 Å². The van der Waals surface area contributed by atoms with Crippen LogP contribution in [0.5, 0.6) is 0 Å². The van der Waals surface area contributed by atoms with Crippen molar-refractivity contribution < 1.29 is 22.8 Å². The van der Waals surface area contributed by atoms with E-state index in [1.165, 1.54) is 17.0 Å². The molecule has 0 unspecified atom stereocenters. The first kappa shape index (κ1) is 13.9. The van der Waals surface area contributed by atoms with Gasteiger partial charge in [0.05, 0.1) is 12.1 Å². The summed E-state index contributed by atoms with van der Waals surface area (Å²) in [7, 11) is 0. The Morgan fingerprint density at radius 1 is 1.10 bits per heavy atom. The van der Waals surface area contributed by atoms with Crippen LogP contribution in [0.4, 0.5) is 18.0 Å². The van der Waals surface area contributed by atoms with E-state index in [9.17, 15) is 22.8 Å². The number of carbonyl (C=O) groups excluding carboxylic acids is 2. The highest BCUT2D eigenvalue weighted by molar-refractivity contribution is 6.02. The molecule has 3 amide bonds. The molecule has 0 spiro atoms. The minimum absolute atomic E-state index is 0.0129. The number of rotatable bonds is 3. The topological polar surface area (TPSA) is 40.6 Å². The third kappa shape index (κ3) is 2.72. The summed E-state index contributed by atoms with van der Waals surface area (Å²) in [4.78, 5) is 26.6. The average molecular weight is 298 g/mol. The minimum atomic E-state index is -4.39. The second-order valence-corrected chi connectivity index (χ2v) is 5.32. The van der Waals surface area contributed by atoms with Crippen molar-refractivity contribution in [3.63, 3.8) is 0 Å². The van der Waals surface area contributed by atoms with E-state index in [1.54, 1.807) is 0 Å². The van der Waals surface area contributed by atoms with Gasteiger partial charge in [-0.3, -0.25) is 9.69 Å². The van der Waals surface area contributed by atoms with E-state index in [2.05, 4.69) is 0 Å². The van der Waals surface area contributed by atoms with Crippen LogP contribution in [-0.4, -0.2) is 34.3 Å². The quantitative estimate of drug-likeness (QED) is 0.805. The van der Waals surface area contributed by atoms with Gasteiger partial charge in [-0.1, -0.05) is 12.1 Å². The zero-order chi connectivity index (χ0) is 15.2. The lowest BCUT2D eigenvalue weighted by molar-refractivity contribution is -0.137. The SMILES string of the molecule is O=C1CN(C2CC2)C(=O)N1Cc1ccc(C(F)(F)F)cc1. The van der Waals surface area contributed by atoms with Gasteiger partial charge in [0.2, 0.25) is 0 Å². The number of amides is 3. The molecule has 3 rings (SSSR count). The van der Waals surface area contributed by atoms with Gasteiger partial charge in [-0.25, -0.2) is 4.79 Å². The first-order valence-corrected chi connectivity index (χ1v) is 6.63. The molecule has 1 aromatic carbocycles. The van der Waals surface area contributed by atoms with Crippen LogP contribution in [0, 0.1) is 0 Å². The third-order valence-corrected chi connectivity index (χ3v) is 3.69. The molecule has 7 heteroatoms. The lowest BCUT2D eigenvalue weighted by Crippen LogP contribution is -2.33. The Balaban J connectivity index is 1.71. The number of carbonyl (C=O) groups is 2. The predicted molar refractivity (Wildman–Crippen MR) is 67.1 cm³/mol. The van der Waals surface area contributed by atoms with Gasteiger partial charge in [0.1, 0.15) is 6.54 Å². The van der Waals surface area contributed by atoms with E-state index in [4.69, 9.17) is 0 Å². The molecule has 0 aromatic heterocycles. The van der Waals surface area contributed by atoms with Crippen molar-refractivity contribution in [2.45, 2.75) is 31.6 Å². The van der Waals surface area contributed by atoms with Crippen LogP contribution in [-0.2, 0) is 17.5 Å². The Labute approximate surface area is 119 Å². The van der Waals surface area contributed by atoms with Crippen molar-refractivity contribution in [2.75, 3.05) is 6.54 Å². The number of urea groups is 1. The first-order chi connectivity index (χ1) is 9.86. The van der Waals surface area contributed by atoms with Gasteiger partial charge in [-0.2, -0.15) is 13.2 Å². The molecule has 1 aliphatic carbocycles. The van der Waals surface area contributed by atoms with Crippen LogP contribution in [0.2, 0.25) is 0 Å². The summed E-state index contributed by atoms with van der Waals surface area (Å²) in [6, 6.07) is 4.31. The maximum atomic E-state index is 12.5. The normalized spacial score (nSPS) is 19.6. The Morgan fingerprint density at radius 3 is 2.24 bits per heavy atom. The molecule has 2 aliphatic rings. The predicted octanol–water partition coefficient (Wildman–Crippen LogP) is 2.63. The maximum absolute atomic E-state index is 12.5. The standard InChI is InChI=1S/C14H13F3N2O2/c15-14(16,17)10-3-1-9(2-4-10)7-19-12(20)8-18(13(19)21)11-5-6-11/h1-4,11H,5-8H2. The van der Waals surface area contributed by atoms with Crippen molar-refractivity contribution >= 4 is 11.9 Å². The Morgan fingerprint density at radius 2 is 1.71 bits per heavy atom. The van der Waals surface area contributed by atoms with Crippen LogP contribution >= 0.6 is 0 Å². The molecule has 0 atom stereocenters. The fraction of sp³-hybridized carbons (Fsp3) is 0.429. The van der Waals surface area contributed by atoms with Crippen molar-refractivity contribution in [3.05, 3.63) is 35.4 Å². The van der Waals surface area contributed by atoms with Gasteiger partial charge < -0.3 is 4.90 Å². The maximum Gasteiger partial charge on any atom is 0.416 e. The number of imide groups is 1. The minimum Gasteiger partial charge on any atom is -0.312 e. The molecule has 2 fully saturated rings.